The van der Waals surface area contributed by atoms with Crippen LogP contribution in [0.4, 0.5) is 17.1 Å². The normalized spacial score (nSPS) is 14.9. The molecule has 0 radical (unpaired) electrons. The van der Waals surface area contributed by atoms with E-state index in [0.717, 1.165) is 18.1 Å². The molecule has 0 fully saturated rings. The fourth-order valence-electron chi connectivity index (χ4n) is 4.28. The summed E-state index contributed by atoms with van der Waals surface area (Å²) in [6.45, 7) is 1.85. The number of nitrogens with one attached hydrogen (secondary N) is 3. The molecule has 0 atom stereocenters. The topological polar surface area (TPSA) is 121 Å². The molecule has 0 aromatic heterocycles. The molecule has 1 aliphatic rings. The third-order valence-corrected chi connectivity index (χ3v) is 6.96. The summed E-state index contributed by atoms with van der Waals surface area (Å²) in [5, 5.41) is 3.43. The van der Waals surface area contributed by atoms with E-state index in [1.165, 1.54) is 0 Å². The zero-order chi connectivity index (χ0) is 24.9. The van der Waals surface area contributed by atoms with E-state index in [-0.39, 0.29) is 5.91 Å². The zero-order valence-corrected chi connectivity index (χ0v) is 20.9. The van der Waals surface area contributed by atoms with Crippen LogP contribution in [0, 0.1) is 6.92 Å². The van der Waals surface area contributed by atoms with Gasteiger partial charge in [-0.1, -0.05) is 35.9 Å². The molecule has 178 valence electrons. The van der Waals surface area contributed by atoms with Crippen molar-refractivity contribution in [1.29, 1.82) is 0 Å². The lowest BCUT2D eigenvalue weighted by atomic mass is 9.70. The highest BCUT2D eigenvalue weighted by atomic mass is 35.5. The number of aryl methyl sites for hydroxylation is 1. The molecule has 4 rings (SSSR count). The number of carbonyl (C=O) groups excluding carboxylic acids is 1. The Labute approximate surface area is 203 Å². The Hall–Kier alpha value is -3.08. The number of rotatable bonds is 6. The van der Waals surface area contributed by atoms with E-state index < -0.39 is 25.5 Å². The predicted octanol–water partition coefficient (Wildman–Crippen LogP) is 3.68. The summed E-state index contributed by atoms with van der Waals surface area (Å²) in [5.74, 6) is -0.305. The SMILES string of the molecule is Cc1cc(Cl)cc2c1NC(=O)C2(c1ccc(NS(C)(=O)=O)cc1)c1ccc(NS(C)(=O)=O)cc1. The second-order valence-electron chi connectivity index (χ2n) is 8.25. The van der Waals surface area contributed by atoms with Crippen LogP contribution in [0.5, 0.6) is 0 Å². The van der Waals surface area contributed by atoms with Crippen molar-refractivity contribution in [2.75, 3.05) is 27.3 Å². The minimum Gasteiger partial charge on any atom is -0.324 e. The van der Waals surface area contributed by atoms with Gasteiger partial charge in [0, 0.05) is 27.6 Å². The minimum absolute atomic E-state index is 0.305. The van der Waals surface area contributed by atoms with Crippen LogP contribution in [0.2, 0.25) is 5.02 Å². The molecule has 1 amide bonds. The lowest BCUT2D eigenvalue weighted by Gasteiger charge is -2.29. The first-order valence-corrected chi connectivity index (χ1v) is 14.2. The maximum absolute atomic E-state index is 13.7. The lowest BCUT2D eigenvalue weighted by molar-refractivity contribution is -0.118. The second kappa shape index (κ2) is 8.30. The molecule has 0 saturated carbocycles. The van der Waals surface area contributed by atoms with Crippen LogP contribution in [-0.2, 0) is 30.3 Å². The fraction of sp³-hybridized carbons (Fsp3) is 0.174. The van der Waals surface area contributed by atoms with Gasteiger partial charge in [-0.15, -0.1) is 0 Å². The van der Waals surface area contributed by atoms with Crippen LogP contribution in [0.25, 0.3) is 0 Å². The first-order chi connectivity index (χ1) is 15.8. The van der Waals surface area contributed by atoms with Gasteiger partial charge in [0.25, 0.3) is 0 Å². The monoisotopic (exact) mass is 519 g/mol. The van der Waals surface area contributed by atoms with E-state index in [9.17, 15) is 21.6 Å². The number of fused-ring (bicyclic) bond motifs is 1. The van der Waals surface area contributed by atoms with Crippen LogP contribution in [0.3, 0.4) is 0 Å². The first kappa shape index (κ1) is 24.1. The van der Waals surface area contributed by atoms with Crippen LogP contribution in [-0.4, -0.2) is 35.3 Å². The number of hydrogen-bond donors (Lipinski definition) is 3. The van der Waals surface area contributed by atoms with E-state index in [0.29, 0.717) is 38.8 Å². The standard InChI is InChI=1S/C23H22ClN3O5S2/c1-14-12-17(24)13-20-21(14)25-22(28)23(20,15-4-8-18(9-5-15)26-33(2,29)30)16-6-10-19(11-7-16)27-34(3,31)32/h4-13,26-27H,1-3H3,(H,25,28). The molecule has 0 spiro atoms. The van der Waals surface area contributed by atoms with Gasteiger partial charge in [0.05, 0.1) is 12.5 Å². The van der Waals surface area contributed by atoms with Gasteiger partial charge >= 0.3 is 0 Å². The Bertz CT molecular complexity index is 1420. The van der Waals surface area contributed by atoms with Crippen LogP contribution >= 0.6 is 11.6 Å². The third kappa shape index (κ3) is 4.48. The number of amides is 1. The van der Waals surface area contributed by atoms with Crippen LogP contribution in [0.1, 0.15) is 22.3 Å². The van der Waals surface area contributed by atoms with Gasteiger partial charge in [-0.3, -0.25) is 14.2 Å². The second-order valence-corrected chi connectivity index (χ2v) is 12.2. The van der Waals surface area contributed by atoms with Gasteiger partial charge in [-0.2, -0.15) is 0 Å². The van der Waals surface area contributed by atoms with Gasteiger partial charge in [0.15, 0.2) is 0 Å². The van der Waals surface area contributed by atoms with Crippen LogP contribution in [0.15, 0.2) is 60.7 Å². The zero-order valence-electron chi connectivity index (χ0n) is 18.5. The van der Waals surface area contributed by atoms with Gasteiger partial charge < -0.3 is 5.32 Å². The minimum atomic E-state index is -3.47. The van der Waals surface area contributed by atoms with E-state index in [1.54, 1.807) is 60.7 Å². The Morgan fingerprint density at radius 3 is 1.65 bits per heavy atom. The van der Waals surface area contributed by atoms with E-state index in [4.69, 9.17) is 11.6 Å². The van der Waals surface area contributed by atoms with Gasteiger partial charge in [0.1, 0.15) is 5.41 Å². The summed E-state index contributed by atoms with van der Waals surface area (Å²) in [7, 11) is -6.94. The summed E-state index contributed by atoms with van der Waals surface area (Å²) in [6.07, 6.45) is 2.11. The fourth-order valence-corrected chi connectivity index (χ4v) is 5.68. The average molecular weight is 520 g/mol. The number of sulfonamides is 2. The molecule has 0 bridgehead atoms. The summed E-state index contributed by atoms with van der Waals surface area (Å²) in [4.78, 5) is 13.7. The largest absolute Gasteiger partial charge is 0.324 e. The molecule has 0 unspecified atom stereocenters. The first-order valence-electron chi connectivity index (χ1n) is 10.1. The molecule has 8 nitrogen and oxygen atoms in total. The highest BCUT2D eigenvalue weighted by Crippen LogP contribution is 2.50. The van der Waals surface area contributed by atoms with E-state index >= 15 is 0 Å². The highest BCUT2D eigenvalue weighted by Gasteiger charge is 2.50. The predicted molar refractivity (Wildman–Crippen MR) is 135 cm³/mol. The van der Waals surface area contributed by atoms with Crippen molar-refractivity contribution in [2.45, 2.75) is 12.3 Å². The lowest BCUT2D eigenvalue weighted by Crippen LogP contribution is -2.37. The molecule has 3 N–H and O–H groups in total. The van der Waals surface area contributed by atoms with Crippen LogP contribution < -0.4 is 14.8 Å². The molecule has 11 heteroatoms. The van der Waals surface area contributed by atoms with Crippen molar-refractivity contribution in [3.05, 3.63) is 87.9 Å². The van der Waals surface area contributed by atoms with Crippen molar-refractivity contribution >= 4 is 54.6 Å². The molecule has 0 aliphatic carbocycles. The van der Waals surface area contributed by atoms with Crippen molar-refractivity contribution in [3.8, 4) is 0 Å². The van der Waals surface area contributed by atoms with Gasteiger partial charge in [-0.25, -0.2) is 16.8 Å². The average Bonchev–Trinajstić information content (AvgIpc) is 3.00. The van der Waals surface area contributed by atoms with Crippen molar-refractivity contribution in [2.24, 2.45) is 0 Å². The van der Waals surface area contributed by atoms with Gasteiger partial charge in [-0.05, 0) is 60.0 Å². The Balaban J connectivity index is 1.93. The Morgan fingerprint density at radius 2 is 1.24 bits per heavy atom. The third-order valence-electron chi connectivity index (χ3n) is 5.53. The quantitative estimate of drug-likeness (QED) is 0.458. The number of benzene rings is 3. The number of halogens is 1. The highest BCUT2D eigenvalue weighted by molar-refractivity contribution is 7.92. The Kier molecular flexibility index (Phi) is 5.87. The molecule has 3 aromatic carbocycles. The maximum atomic E-state index is 13.7. The van der Waals surface area contributed by atoms with E-state index in [1.807, 2.05) is 6.92 Å². The van der Waals surface area contributed by atoms with E-state index in [2.05, 4.69) is 14.8 Å². The molecule has 3 aromatic rings. The molecule has 1 heterocycles. The number of carbonyl (C=O) groups is 1. The van der Waals surface area contributed by atoms with Gasteiger partial charge in [0.2, 0.25) is 26.0 Å². The van der Waals surface area contributed by atoms with Crippen molar-refractivity contribution in [1.82, 2.24) is 0 Å². The van der Waals surface area contributed by atoms with Crippen molar-refractivity contribution < 1.29 is 21.6 Å². The maximum Gasteiger partial charge on any atom is 0.244 e. The molecular weight excluding hydrogens is 498 g/mol. The molecule has 34 heavy (non-hydrogen) atoms. The molecular formula is C23H22ClN3O5S2. The number of hydrogen-bond acceptors (Lipinski definition) is 5. The molecule has 1 aliphatic heterocycles. The van der Waals surface area contributed by atoms with Crippen molar-refractivity contribution in [3.63, 3.8) is 0 Å². The number of anilines is 3. The molecule has 0 saturated heterocycles. The summed E-state index contributed by atoms with van der Waals surface area (Å²) in [5.41, 5.74) is 2.69. The summed E-state index contributed by atoms with van der Waals surface area (Å²) < 4.78 is 51.3. The Morgan fingerprint density at radius 1 is 0.794 bits per heavy atom. The summed E-state index contributed by atoms with van der Waals surface area (Å²) in [6, 6.07) is 16.5. The summed E-state index contributed by atoms with van der Waals surface area (Å²) >= 11 is 6.38. The smallest absolute Gasteiger partial charge is 0.244 e.